The van der Waals surface area contributed by atoms with E-state index in [2.05, 4.69) is 6.58 Å². The highest BCUT2D eigenvalue weighted by molar-refractivity contribution is 5.85. The first-order valence-electron chi connectivity index (χ1n) is 5.07. The zero-order chi connectivity index (χ0) is 10.7. The van der Waals surface area contributed by atoms with Gasteiger partial charge in [-0.1, -0.05) is 12.1 Å². The van der Waals surface area contributed by atoms with Gasteiger partial charge in [-0.05, 0) is 24.1 Å². The molecule has 1 aliphatic heterocycles. The Morgan fingerprint density at radius 1 is 1.31 bits per heavy atom. The van der Waals surface area contributed by atoms with E-state index in [-0.39, 0.29) is 18.4 Å². The lowest BCUT2D eigenvalue weighted by atomic mass is 10.0. The summed E-state index contributed by atoms with van der Waals surface area (Å²) in [6, 6.07) is 5.82. The number of nitrogens with two attached hydrogens (primary N) is 1. The molecule has 0 radical (unpaired) electrons. The Balaban J connectivity index is 0.00000128. The average molecular weight is 242 g/mol. The fourth-order valence-corrected chi connectivity index (χ4v) is 1.61. The zero-order valence-electron chi connectivity index (χ0n) is 9.02. The molecule has 88 valence electrons. The molecule has 0 bridgehead atoms. The molecule has 1 aliphatic rings. The van der Waals surface area contributed by atoms with Crippen LogP contribution in [0.3, 0.4) is 0 Å². The van der Waals surface area contributed by atoms with Gasteiger partial charge in [-0.2, -0.15) is 0 Å². The lowest BCUT2D eigenvalue weighted by Gasteiger charge is -2.20. The van der Waals surface area contributed by atoms with E-state index in [1.54, 1.807) is 0 Å². The molecule has 0 aromatic heterocycles. The summed E-state index contributed by atoms with van der Waals surface area (Å²) in [5.74, 6) is 1.59. The molecule has 0 amide bonds. The number of benzene rings is 1. The number of hydrogen-bond acceptors (Lipinski definition) is 3. The monoisotopic (exact) mass is 241 g/mol. The van der Waals surface area contributed by atoms with Gasteiger partial charge in [0.25, 0.3) is 0 Å². The van der Waals surface area contributed by atoms with E-state index >= 15 is 0 Å². The lowest BCUT2D eigenvalue weighted by molar-refractivity contribution is 0.171. The van der Waals surface area contributed by atoms with Crippen LogP contribution in [-0.4, -0.2) is 13.2 Å². The third-order valence-corrected chi connectivity index (χ3v) is 2.41. The van der Waals surface area contributed by atoms with Crippen LogP contribution in [0.4, 0.5) is 0 Å². The van der Waals surface area contributed by atoms with Gasteiger partial charge in [0.1, 0.15) is 13.2 Å². The summed E-state index contributed by atoms with van der Waals surface area (Å²) in [5.41, 5.74) is 7.03. The Labute approximate surface area is 102 Å². The molecule has 0 fully saturated rings. The molecule has 0 saturated heterocycles. The Kier molecular flexibility index (Phi) is 4.65. The van der Waals surface area contributed by atoms with E-state index in [0.29, 0.717) is 13.2 Å². The van der Waals surface area contributed by atoms with Crippen molar-refractivity contribution in [1.29, 1.82) is 0 Å². The maximum absolute atomic E-state index is 5.97. The molecule has 0 spiro atoms. The van der Waals surface area contributed by atoms with E-state index in [0.717, 1.165) is 23.5 Å². The van der Waals surface area contributed by atoms with E-state index in [1.807, 2.05) is 24.3 Å². The summed E-state index contributed by atoms with van der Waals surface area (Å²) in [6.45, 7) is 4.90. The predicted octanol–water partition coefficient (Wildman–Crippen LogP) is 2.46. The second-order valence-corrected chi connectivity index (χ2v) is 3.53. The summed E-state index contributed by atoms with van der Waals surface area (Å²) >= 11 is 0. The van der Waals surface area contributed by atoms with Gasteiger partial charge < -0.3 is 15.2 Å². The minimum atomic E-state index is -0.0154. The molecule has 0 unspecified atom stereocenters. The van der Waals surface area contributed by atoms with Crippen molar-refractivity contribution < 1.29 is 9.47 Å². The Morgan fingerprint density at radius 3 is 2.69 bits per heavy atom. The van der Waals surface area contributed by atoms with Crippen LogP contribution in [0.2, 0.25) is 0 Å². The second kappa shape index (κ2) is 5.77. The molecule has 1 atom stereocenters. The summed E-state index contributed by atoms with van der Waals surface area (Å²) in [6.07, 6.45) is 2.58. The van der Waals surface area contributed by atoms with Gasteiger partial charge in [-0.3, -0.25) is 0 Å². The van der Waals surface area contributed by atoms with Crippen LogP contribution >= 0.6 is 12.4 Å². The van der Waals surface area contributed by atoms with Gasteiger partial charge in [-0.15, -0.1) is 19.0 Å². The summed E-state index contributed by atoms with van der Waals surface area (Å²) in [7, 11) is 0. The Morgan fingerprint density at radius 2 is 2.00 bits per heavy atom. The molecule has 2 N–H and O–H groups in total. The second-order valence-electron chi connectivity index (χ2n) is 3.53. The van der Waals surface area contributed by atoms with Crippen molar-refractivity contribution in [3.05, 3.63) is 36.4 Å². The van der Waals surface area contributed by atoms with Crippen LogP contribution in [0.15, 0.2) is 30.9 Å². The smallest absolute Gasteiger partial charge is 0.161 e. The molecular formula is C12H16ClNO2. The van der Waals surface area contributed by atoms with Gasteiger partial charge >= 0.3 is 0 Å². The number of hydrogen-bond donors (Lipinski definition) is 1. The highest BCUT2D eigenvalue weighted by Crippen LogP contribution is 2.32. The van der Waals surface area contributed by atoms with Crippen LogP contribution in [0.25, 0.3) is 0 Å². The van der Waals surface area contributed by atoms with Crippen molar-refractivity contribution in [3.8, 4) is 11.5 Å². The molecule has 16 heavy (non-hydrogen) atoms. The van der Waals surface area contributed by atoms with Gasteiger partial charge in [0.2, 0.25) is 0 Å². The van der Waals surface area contributed by atoms with Crippen molar-refractivity contribution in [2.75, 3.05) is 13.2 Å². The van der Waals surface area contributed by atoms with Gasteiger partial charge in [-0.25, -0.2) is 0 Å². The molecule has 4 heteroatoms. The Hall–Kier alpha value is -1.19. The quantitative estimate of drug-likeness (QED) is 0.827. The molecule has 1 heterocycles. The van der Waals surface area contributed by atoms with Crippen molar-refractivity contribution in [2.45, 2.75) is 12.5 Å². The average Bonchev–Trinajstić information content (AvgIpc) is 2.29. The molecule has 3 nitrogen and oxygen atoms in total. The zero-order valence-corrected chi connectivity index (χ0v) is 9.83. The third kappa shape index (κ3) is 2.68. The summed E-state index contributed by atoms with van der Waals surface area (Å²) < 4.78 is 10.9. The first kappa shape index (κ1) is 12.9. The predicted molar refractivity (Wildman–Crippen MR) is 66.4 cm³/mol. The topological polar surface area (TPSA) is 44.5 Å². The van der Waals surface area contributed by atoms with Gasteiger partial charge in [0, 0.05) is 6.04 Å². The third-order valence-electron chi connectivity index (χ3n) is 2.41. The molecule has 0 aliphatic carbocycles. The van der Waals surface area contributed by atoms with Gasteiger partial charge in [0.05, 0.1) is 0 Å². The molecule has 0 saturated carbocycles. The molecule has 2 rings (SSSR count). The molecular weight excluding hydrogens is 226 g/mol. The molecule has 1 aromatic rings. The van der Waals surface area contributed by atoms with E-state index in [1.165, 1.54) is 0 Å². The first-order valence-corrected chi connectivity index (χ1v) is 5.07. The summed E-state index contributed by atoms with van der Waals surface area (Å²) in [5, 5.41) is 0. The SMILES string of the molecule is C=CC[C@H](N)c1ccc2c(c1)OCCO2.Cl. The van der Waals surface area contributed by atoms with Crippen LogP contribution in [-0.2, 0) is 0 Å². The maximum Gasteiger partial charge on any atom is 0.161 e. The maximum atomic E-state index is 5.97. The highest BCUT2D eigenvalue weighted by Gasteiger charge is 2.13. The van der Waals surface area contributed by atoms with Crippen molar-refractivity contribution in [1.82, 2.24) is 0 Å². The largest absolute Gasteiger partial charge is 0.486 e. The van der Waals surface area contributed by atoms with Crippen molar-refractivity contribution >= 4 is 12.4 Å². The van der Waals surface area contributed by atoms with Crippen LogP contribution < -0.4 is 15.2 Å². The standard InChI is InChI=1S/C12H15NO2.ClH/c1-2-3-10(13)9-4-5-11-12(8-9)15-7-6-14-11;/h2,4-5,8,10H,1,3,6-7,13H2;1H/t10-;/m0./s1. The van der Waals surface area contributed by atoms with Crippen LogP contribution in [0.5, 0.6) is 11.5 Å². The van der Waals surface area contributed by atoms with Crippen molar-refractivity contribution in [2.24, 2.45) is 5.73 Å². The summed E-state index contributed by atoms with van der Waals surface area (Å²) in [4.78, 5) is 0. The number of ether oxygens (including phenoxy) is 2. The molecule has 1 aromatic carbocycles. The minimum absolute atomic E-state index is 0. The van der Waals surface area contributed by atoms with Crippen LogP contribution in [0.1, 0.15) is 18.0 Å². The highest BCUT2D eigenvalue weighted by atomic mass is 35.5. The lowest BCUT2D eigenvalue weighted by Crippen LogP contribution is -2.16. The number of fused-ring (bicyclic) bond motifs is 1. The Bertz CT molecular complexity index is 368. The van der Waals surface area contributed by atoms with Crippen LogP contribution in [0, 0.1) is 0 Å². The van der Waals surface area contributed by atoms with E-state index < -0.39 is 0 Å². The van der Waals surface area contributed by atoms with Crippen molar-refractivity contribution in [3.63, 3.8) is 0 Å². The number of halogens is 1. The van der Waals surface area contributed by atoms with Gasteiger partial charge in [0.15, 0.2) is 11.5 Å². The van der Waals surface area contributed by atoms with E-state index in [9.17, 15) is 0 Å². The minimum Gasteiger partial charge on any atom is -0.486 e. The number of rotatable bonds is 3. The first-order chi connectivity index (χ1) is 7.31. The fraction of sp³-hybridized carbons (Fsp3) is 0.333. The van der Waals surface area contributed by atoms with E-state index in [4.69, 9.17) is 15.2 Å². The fourth-order valence-electron chi connectivity index (χ4n) is 1.61. The normalized spacial score (nSPS) is 14.8.